The van der Waals surface area contributed by atoms with Crippen LogP contribution in [0.4, 0.5) is 11.4 Å². The average Bonchev–Trinajstić information content (AvgIpc) is 3.29. The third kappa shape index (κ3) is 5.75. The van der Waals surface area contributed by atoms with E-state index in [1.54, 1.807) is 54.3 Å². The van der Waals surface area contributed by atoms with Crippen LogP contribution in [-0.4, -0.2) is 47.7 Å². The van der Waals surface area contributed by atoms with Crippen molar-refractivity contribution in [2.24, 2.45) is 0 Å². The first-order valence-electron chi connectivity index (χ1n) is 11.1. The van der Waals surface area contributed by atoms with E-state index in [2.05, 4.69) is 20.0 Å². The van der Waals surface area contributed by atoms with Crippen LogP contribution in [0.3, 0.4) is 0 Å². The minimum absolute atomic E-state index is 0.103. The van der Waals surface area contributed by atoms with Crippen molar-refractivity contribution >= 4 is 29.2 Å². The van der Waals surface area contributed by atoms with E-state index in [1.807, 2.05) is 0 Å². The number of ether oxygens (including phenoxy) is 2. The molecular weight excluding hydrogens is 456 g/mol. The molecule has 0 spiro atoms. The lowest BCUT2D eigenvalue weighted by Gasteiger charge is -2.29. The number of rotatable bonds is 9. The number of fused-ring (bicyclic) bond motifs is 1. The Bertz CT molecular complexity index is 1280. The summed E-state index contributed by atoms with van der Waals surface area (Å²) in [7, 11) is 0. The lowest BCUT2D eigenvalue weighted by Crippen LogP contribution is -2.39. The number of aromatic amines is 1. The van der Waals surface area contributed by atoms with Gasteiger partial charge in [0.25, 0.3) is 11.8 Å². The number of benzene rings is 2. The molecule has 2 heterocycles. The van der Waals surface area contributed by atoms with E-state index in [-0.39, 0.29) is 30.2 Å². The summed E-state index contributed by atoms with van der Waals surface area (Å²) in [5, 5.41) is 6.42. The summed E-state index contributed by atoms with van der Waals surface area (Å²) in [5.41, 5.74) is 2.12. The largest absolute Gasteiger partial charge is 0.481 e. The van der Waals surface area contributed by atoms with Gasteiger partial charge >= 0.3 is 11.7 Å². The van der Waals surface area contributed by atoms with Gasteiger partial charge in [0.2, 0.25) is 0 Å². The van der Waals surface area contributed by atoms with E-state index < -0.39 is 5.76 Å². The van der Waals surface area contributed by atoms with Gasteiger partial charge in [0, 0.05) is 35.8 Å². The Morgan fingerprint density at radius 3 is 2.66 bits per heavy atom. The van der Waals surface area contributed by atoms with Gasteiger partial charge in [-0.3, -0.25) is 23.9 Å². The molecule has 2 N–H and O–H groups in total. The van der Waals surface area contributed by atoms with Crippen molar-refractivity contribution in [1.29, 1.82) is 0 Å². The molecule has 11 nitrogen and oxygen atoms in total. The molecule has 4 rings (SSSR count). The number of carbonyl (C=O) groups excluding carboxylic acids is 3. The standard InChI is InChI=1S/C24H24N4O7/c1-2-33-21(30)5-3-4-12-28-18-11-10-17(13-19(18)34-14-20(28)29)25-23(31)16-8-6-15(7-9-16)22-26-24(32)35-27-22/h6-11,13H,2-5,12,14H2,1H3,(H,25,31)(H,26,27,32). The zero-order valence-electron chi connectivity index (χ0n) is 19.0. The highest BCUT2D eigenvalue weighted by molar-refractivity contribution is 6.05. The second-order valence-corrected chi connectivity index (χ2v) is 7.75. The number of nitrogens with one attached hydrogen (secondary N) is 2. The van der Waals surface area contributed by atoms with Gasteiger partial charge in [-0.1, -0.05) is 17.3 Å². The first-order valence-corrected chi connectivity index (χ1v) is 11.1. The molecule has 0 radical (unpaired) electrons. The monoisotopic (exact) mass is 480 g/mol. The number of esters is 1. The quantitative estimate of drug-likeness (QED) is 0.351. The first kappa shape index (κ1) is 23.7. The van der Waals surface area contributed by atoms with Gasteiger partial charge in [-0.05, 0) is 44.0 Å². The van der Waals surface area contributed by atoms with Gasteiger partial charge in [0.05, 0.1) is 12.3 Å². The maximum Gasteiger partial charge on any atom is 0.439 e. The number of unbranched alkanes of at least 4 members (excludes halogenated alkanes) is 1. The normalized spacial score (nSPS) is 12.6. The number of nitrogens with zero attached hydrogens (tertiary/aromatic N) is 2. The third-order valence-corrected chi connectivity index (χ3v) is 5.34. The summed E-state index contributed by atoms with van der Waals surface area (Å²) in [5.74, 6) is -0.656. The molecule has 0 fully saturated rings. The topological polar surface area (TPSA) is 144 Å². The molecule has 0 saturated heterocycles. The highest BCUT2D eigenvalue weighted by Gasteiger charge is 2.25. The molecule has 1 aliphatic heterocycles. The molecule has 0 saturated carbocycles. The Hall–Kier alpha value is -4.41. The third-order valence-electron chi connectivity index (χ3n) is 5.34. The van der Waals surface area contributed by atoms with Crippen LogP contribution in [0.2, 0.25) is 0 Å². The number of amides is 2. The second kappa shape index (κ2) is 10.7. The number of aromatic nitrogens is 2. The molecule has 2 amide bonds. The van der Waals surface area contributed by atoms with E-state index in [1.165, 1.54) is 0 Å². The number of hydrogen-bond donors (Lipinski definition) is 2. The molecule has 35 heavy (non-hydrogen) atoms. The molecule has 1 aliphatic rings. The number of hydrogen-bond acceptors (Lipinski definition) is 8. The molecule has 182 valence electrons. The van der Waals surface area contributed by atoms with Crippen molar-refractivity contribution in [1.82, 2.24) is 10.1 Å². The minimum Gasteiger partial charge on any atom is -0.481 e. The zero-order valence-corrected chi connectivity index (χ0v) is 19.0. The summed E-state index contributed by atoms with van der Waals surface area (Å²) < 4.78 is 15.0. The highest BCUT2D eigenvalue weighted by atomic mass is 16.5. The molecule has 11 heteroatoms. The van der Waals surface area contributed by atoms with Crippen LogP contribution in [0.25, 0.3) is 11.4 Å². The molecule has 0 atom stereocenters. The fourth-order valence-corrected chi connectivity index (χ4v) is 3.64. The Balaban J connectivity index is 1.38. The van der Waals surface area contributed by atoms with E-state index >= 15 is 0 Å². The Labute approximate surface area is 200 Å². The smallest absolute Gasteiger partial charge is 0.439 e. The van der Waals surface area contributed by atoms with Crippen LogP contribution < -0.4 is 20.7 Å². The van der Waals surface area contributed by atoms with Crippen LogP contribution in [0, 0.1) is 0 Å². The summed E-state index contributed by atoms with van der Waals surface area (Å²) in [4.78, 5) is 51.7. The van der Waals surface area contributed by atoms with Crippen LogP contribution in [0.15, 0.2) is 51.8 Å². The van der Waals surface area contributed by atoms with Crippen molar-refractivity contribution in [3.63, 3.8) is 0 Å². The number of anilines is 2. The summed E-state index contributed by atoms with van der Waals surface area (Å²) in [6.45, 7) is 2.46. The van der Waals surface area contributed by atoms with E-state index in [9.17, 15) is 19.2 Å². The highest BCUT2D eigenvalue weighted by Crippen LogP contribution is 2.35. The van der Waals surface area contributed by atoms with Gasteiger partial charge in [0.1, 0.15) is 5.75 Å². The molecule has 0 bridgehead atoms. The van der Waals surface area contributed by atoms with Crippen molar-refractivity contribution in [3.05, 3.63) is 58.6 Å². The average molecular weight is 480 g/mol. The molecule has 0 aliphatic carbocycles. The maximum absolute atomic E-state index is 12.7. The van der Waals surface area contributed by atoms with Gasteiger partial charge in [-0.15, -0.1) is 0 Å². The lowest BCUT2D eigenvalue weighted by atomic mass is 10.1. The van der Waals surface area contributed by atoms with Gasteiger partial charge < -0.3 is 19.7 Å². The molecule has 2 aromatic carbocycles. The van der Waals surface area contributed by atoms with E-state index in [0.29, 0.717) is 60.7 Å². The van der Waals surface area contributed by atoms with Gasteiger partial charge in [-0.2, -0.15) is 0 Å². The second-order valence-electron chi connectivity index (χ2n) is 7.75. The van der Waals surface area contributed by atoms with Crippen molar-refractivity contribution in [3.8, 4) is 17.1 Å². The van der Waals surface area contributed by atoms with Gasteiger partial charge in [0.15, 0.2) is 12.4 Å². The maximum atomic E-state index is 12.7. The fraction of sp³-hybridized carbons (Fsp3) is 0.292. The lowest BCUT2D eigenvalue weighted by molar-refractivity contribution is -0.143. The Morgan fingerprint density at radius 1 is 1.14 bits per heavy atom. The predicted molar refractivity (Wildman–Crippen MR) is 125 cm³/mol. The van der Waals surface area contributed by atoms with E-state index in [0.717, 1.165) is 0 Å². The predicted octanol–water partition coefficient (Wildman–Crippen LogP) is 2.74. The molecule has 3 aromatic rings. The Morgan fingerprint density at radius 2 is 1.94 bits per heavy atom. The Kier molecular flexibility index (Phi) is 7.24. The van der Waals surface area contributed by atoms with Crippen molar-refractivity contribution in [2.75, 3.05) is 30.0 Å². The van der Waals surface area contributed by atoms with Crippen molar-refractivity contribution in [2.45, 2.75) is 26.2 Å². The summed E-state index contributed by atoms with van der Waals surface area (Å²) in [6, 6.07) is 11.6. The molecular formula is C24H24N4O7. The van der Waals surface area contributed by atoms with Gasteiger partial charge in [-0.25, -0.2) is 4.79 Å². The fourth-order valence-electron chi connectivity index (χ4n) is 3.64. The number of H-pyrrole nitrogens is 1. The van der Waals surface area contributed by atoms with Crippen LogP contribution in [0.5, 0.6) is 5.75 Å². The van der Waals surface area contributed by atoms with Crippen LogP contribution in [0.1, 0.15) is 36.5 Å². The van der Waals surface area contributed by atoms with Crippen LogP contribution in [-0.2, 0) is 14.3 Å². The molecule has 0 unspecified atom stereocenters. The SMILES string of the molecule is CCOC(=O)CCCCN1C(=O)COc2cc(NC(=O)c3ccc(-c4noc(=O)[nH]4)cc3)ccc21. The summed E-state index contributed by atoms with van der Waals surface area (Å²) >= 11 is 0. The van der Waals surface area contributed by atoms with Crippen molar-refractivity contribution < 1.29 is 28.4 Å². The number of carbonyl (C=O) groups is 3. The minimum atomic E-state index is -0.659. The van der Waals surface area contributed by atoms with Crippen LogP contribution >= 0.6 is 0 Å². The first-order chi connectivity index (χ1) is 16.9. The summed E-state index contributed by atoms with van der Waals surface area (Å²) in [6.07, 6.45) is 1.56. The zero-order chi connectivity index (χ0) is 24.8. The molecule has 1 aromatic heterocycles. The van der Waals surface area contributed by atoms with E-state index in [4.69, 9.17) is 9.47 Å².